The number of likely N-dealkylation sites (N-methyl/N-ethyl adjacent to an activating group) is 1. The first-order valence-corrected chi connectivity index (χ1v) is 10.2. The molecule has 4 amide bonds. The van der Waals surface area contributed by atoms with Gasteiger partial charge in [-0.05, 0) is 37.8 Å². The lowest BCUT2D eigenvalue weighted by molar-refractivity contribution is -0.147. The van der Waals surface area contributed by atoms with E-state index in [0.717, 1.165) is 53.8 Å². The van der Waals surface area contributed by atoms with Gasteiger partial charge in [-0.3, -0.25) is 24.1 Å². The molecule has 1 saturated carbocycles. The number of aryl methyl sites for hydroxylation is 2. The van der Waals surface area contributed by atoms with E-state index in [4.69, 9.17) is 0 Å². The topological polar surface area (TPSA) is 86.8 Å². The summed E-state index contributed by atoms with van der Waals surface area (Å²) < 4.78 is 0. The highest BCUT2D eigenvalue weighted by atomic mass is 16.2. The quantitative estimate of drug-likeness (QED) is 0.771. The van der Waals surface area contributed by atoms with Gasteiger partial charge in [-0.25, -0.2) is 0 Å². The maximum absolute atomic E-state index is 12.8. The molecule has 0 bridgehead atoms. The van der Waals surface area contributed by atoms with Gasteiger partial charge in [-0.15, -0.1) is 0 Å². The number of carbonyl (C=O) groups excluding carboxylic acids is 4. The third-order valence-corrected chi connectivity index (χ3v) is 6.15. The van der Waals surface area contributed by atoms with Crippen LogP contribution in [0.25, 0.3) is 0 Å². The van der Waals surface area contributed by atoms with Crippen molar-refractivity contribution < 1.29 is 19.2 Å². The molecule has 1 aromatic rings. The van der Waals surface area contributed by atoms with E-state index in [-0.39, 0.29) is 37.2 Å². The molecule has 0 aromatic heterocycles. The number of nitrogens with zero attached hydrogens (tertiary/aromatic N) is 2. The van der Waals surface area contributed by atoms with E-state index in [0.29, 0.717) is 0 Å². The average molecular weight is 399 g/mol. The second-order valence-electron chi connectivity index (χ2n) is 8.37. The fourth-order valence-corrected chi connectivity index (χ4v) is 4.39. The van der Waals surface area contributed by atoms with Gasteiger partial charge in [0, 0.05) is 19.2 Å². The van der Waals surface area contributed by atoms with Crippen molar-refractivity contribution in [1.29, 1.82) is 0 Å². The molecule has 3 rings (SSSR count). The maximum atomic E-state index is 12.8. The Morgan fingerprint density at radius 2 is 1.72 bits per heavy atom. The van der Waals surface area contributed by atoms with Gasteiger partial charge in [0.25, 0.3) is 0 Å². The maximum Gasteiger partial charge on any atom is 0.243 e. The lowest BCUT2D eigenvalue weighted by atomic mass is 9.73. The summed E-state index contributed by atoms with van der Waals surface area (Å²) in [5.74, 6) is -1.24. The normalized spacial score (nSPS) is 18.2. The van der Waals surface area contributed by atoms with Crippen LogP contribution >= 0.6 is 0 Å². The SMILES string of the molecule is Cc1cccc(C)c1NC(=O)CN(C)C(=O)CN1C(=O)CC2(CCCCC2)C1=O. The Kier molecular flexibility index (Phi) is 6.05. The van der Waals surface area contributed by atoms with E-state index < -0.39 is 11.3 Å². The van der Waals surface area contributed by atoms with Crippen molar-refractivity contribution in [3.63, 3.8) is 0 Å². The van der Waals surface area contributed by atoms with Crippen LogP contribution in [-0.4, -0.2) is 53.6 Å². The second kappa shape index (κ2) is 8.35. The highest BCUT2D eigenvalue weighted by Crippen LogP contribution is 2.45. The largest absolute Gasteiger partial charge is 0.335 e. The van der Waals surface area contributed by atoms with Crippen LogP contribution in [0.1, 0.15) is 49.7 Å². The van der Waals surface area contributed by atoms with Crippen molar-refractivity contribution in [2.24, 2.45) is 5.41 Å². The van der Waals surface area contributed by atoms with Crippen molar-refractivity contribution in [3.05, 3.63) is 29.3 Å². The Hall–Kier alpha value is -2.70. The Balaban J connectivity index is 1.58. The van der Waals surface area contributed by atoms with Crippen molar-refractivity contribution in [2.45, 2.75) is 52.4 Å². The van der Waals surface area contributed by atoms with Crippen LogP contribution in [0.3, 0.4) is 0 Å². The molecule has 1 aromatic carbocycles. The molecule has 1 aliphatic carbocycles. The van der Waals surface area contributed by atoms with Gasteiger partial charge >= 0.3 is 0 Å². The highest BCUT2D eigenvalue weighted by molar-refractivity contribution is 6.08. The summed E-state index contributed by atoms with van der Waals surface area (Å²) in [7, 11) is 1.51. The molecule has 2 fully saturated rings. The van der Waals surface area contributed by atoms with Crippen molar-refractivity contribution in [1.82, 2.24) is 9.80 Å². The fourth-order valence-electron chi connectivity index (χ4n) is 4.39. The predicted molar refractivity (Wildman–Crippen MR) is 109 cm³/mol. The van der Waals surface area contributed by atoms with Gasteiger partial charge in [0.2, 0.25) is 23.6 Å². The molecule has 0 atom stereocenters. The van der Waals surface area contributed by atoms with E-state index >= 15 is 0 Å². The van der Waals surface area contributed by atoms with Crippen LogP contribution in [0.2, 0.25) is 0 Å². The summed E-state index contributed by atoms with van der Waals surface area (Å²) in [6.45, 7) is 3.37. The summed E-state index contributed by atoms with van der Waals surface area (Å²) in [5, 5.41) is 2.84. The number of anilines is 1. The van der Waals surface area contributed by atoms with E-state index in [2.05, 4.69) is 5.32 Å². The number of hydrogen-bond acceptors (Lipinski definition) is 4. The monoisotopic (exact) mass is 399 g/mol. The lowest BCUT2D eigenvalue weighted by Gasteiger charge is -2.30. The number of benzene rings is 1. The zero-order valence-electron chi connectivity index (χ0n) is 17.4. The minimum Gasteiger partial charge on any atom is -0.335 e. The first kappa shape index (κ1) is 21.0. The molecule has 2 aliphatic rings. The van der Waals surface area contributed by atoms with Crippen molar-refractivity contribution in [2.75, 3.05) is 25.5 Å². The molecule has 1 N–H and O–H groups in total. The number of para-hydroxylation sites is 1. The Labute approximate surface area is 171 Å². The number of nitrogens with one attached hydrogen (secondary N) is 1. The molecule has 0 radical (unpaired) electrons. The van der Waals surface area contributed by atoms with Gasteiger partial charge in [0.05, 0.1) is 12.0 Å². The number of likely N-dealkylation sites (tertiary alicyclic amines) is 1. The molecule has 1 heterocycles. The number of carbonyl (C=O) groups is 4. The van der Waals surface area contributed by atoms with Crippen LogP contribution in [0, 0.1) is 19.3 Å². The van der Waals surface area contributed by atoms with Gasteiger partial charge in [0.1, 0.15) is 6.54 Å². The smallest absolute Gasteiger partial charge is 0.243 e. The second-order valence-corrected chi connectivity index (χ2v) is 8.37. The summed E-state index contributed by atoms with van der Waals surface area (Å²) in [5.41, 5.74) is 2.02. The zero-order valence-corrected chi connectivity index (χ0v) is 17.4. The van der Waals surface area contributed by atoms with Crippen molar-refractivity contribution >= 4 is 29.3 Å². The molecule has 7 heteroatoms. The first-order chi connectivity index (χ1) is 13.7. The third kappa shape index (κ3) is 4.33. The minimum absolute atomic E-state index is 0.145. The molecule has 0 unspecified atom stereocenters. The predicted octanol–water partition coefficient (Wildman–Crippen LogP) is 2.41. The molecule has 1 spiro atoms. The van der Waals surface area contributed by atoms with Gasteiger partial charge < -0.3 is 10.2 Å². The highest BCUT2D eigenvalue weighted by Gasteiger charge is 2.51. The van der Waals surface area contributed by atoms with Crippen LogP contribution in [0.15, 0.2) is 18.2 Å². The Bertz CT molecular complexity index is 822. The lowest BCUT2D eigenvalue weighted by Crippen LogP contribution is -2.45. The standard InChI is InChI=1S/C22H29N3O4/c1-15-8-7-9-16(2)20(15)23-17(26)13-24(3)19(28)14-25-18(27)12-22(21(25)29)10-5-4-6-11-22/h7-9H,4-6,10-14H2,1-3H3,(H,23,26). The number of amides is 4. The van der Waals surface area contributed by atoms with Crippen LogP contribution in [0.5, 0.6) is 0 Å². The van der Waals surface area contributed by atoms with Crippen LogP contribution in [-0.2, 0) is 19.2 Å². The van der Waals surface area contributed by atoms with E-state index in [1.54, 1.807) is 0 Å². The summed E-state index contributed by atoms with van der Waals surface area (Å²) in [6.07, 6.45) is 4.61. The molecular formula is C22H29N3O4. The fraction of sp³-hybridized carbons (Fsp3) is 0.545. The number of rotatable bonds is 5. The average Bonchev–Trinajstić information content (AvgIpc) is 2.89. The van der Waals surface area contributed by atoms with Crippen molar-refractivity contribution in [3.8, 4) is 0 Å². The summed E-state index contributed by atoms with van der Waals surface area (Å²) in [6, 6.07) is 5.73. The van der Waals surface area contributed by atoms with Crippen LogP contribution < -0.4 is 5.32 Å². The summed E-state index contributed by atoms with van der Waals surface area (Å²) in [4.78, 5) is 52.6. The van der Waals surface area contributed by atoms with E-state index in [1.807, 2.05) is 32.0 Å². The zero-order chi connectivity index (χ0) is 21.2. The number of hydrogen-bond donors (Lipinski definition) is 1. The van der Waals surface area contributed by atoms with Gasteiger partial charge in [-0.2, -0.15) is 0 Å². The molecule has 29 heavy (non-hydrogen) atoms. The Morgan fingerprint density at radius 3 is 2.34 bits per heavy atom. The molecule has 7 nitrogen and oxygen atoms in total. The molecule has 1 saturated heterocycles. The summed E-state index contributed by atoms with van der Waals surface area (Å²) >= 11 is 0. The Morgan fingerprint density at radius 1 is 1.10 bits per heavy atom. The molecule has 1 aliphatic heterocycles. The first-order valence-electron chi connectivity index (χ1n) is 10.2. The van der Waals surface area contributed by atoms with E-state index in [9.17, 15) is 19.2 Å². The minimum atomic E-state index is -0.603. The molecular weight excluding hydrogens is 370 g/mol. The molecule has 156 valence electrons. The van der Waals surface area contributed by atoms with Crippen LogP contribution in [0.4, 0.5) is 5.69 Å². The van der Waals surface area contributed by atoms with Gasteiger partial charge in [0.15, 0.2) is 0 Å². The van der Waals surface area contributed by atoms with E-state index in [1.165, 1.54) is 11.9 Å². The van der Waals surface area contributed by atoms with Gasteiger partial charge in [-0.1, -0.05) is 37.5 Å². The third-order valence-electron chi connectivity index (χ3n) is 6.15. The number of imide groups is 1.